The van der Waals surface area contributed by atoms with Gasteiger partial charge < -0.3 is 15.7 Å². The molecule has 0 unspecified atom stereocenters. The van der Waals surface area contributed by atoms with Crippen LogP contribution in [0.3, 0.4) is 0 Å². The third-order valence-electron chi connectivity index (χ3n) is 2.64. The average molecular weight is 271 g/mol. The van der Waals surface area contributed by atoms with Gasteiger partial charge in [-0.2, -0.15) is 0 Å². The van der Waals surface area contributed by atoms with Crippen molar-refractivity contribution in [3.05, 3.63) is 53.7 Å². The molecule has 0 radical (unpaired) electrons. The van der Waals surface area contributed by atoms with Crippen molar-refractivity contribution in [2.24, 2.45) is 0 Å². The maximum atomic E-state index is 12.0. The molecule has 0 saturated carbocycles. The summed E-state index contributed by atoms with van der Waals surface area (Å²) in [6.07, 6.45) is 1.48. The van der Waals surface area contributed by atoms with Gasteiger partial charge in [-0.25, -0.2) is 4.98 Å². The monoisotopic (exact) mass is 271 g/mol. The molecule has 20 heavy (non-hydrogen) atoms. The summed E-state index contributed by atoms with van der Waals surface area (Å²) in [6.45, 7) is 0. The molecule has 6 heteroatoms. The second-order valence-corrected chi connectivity index (χ2v) is 3.98. The van der Waals surface area contributed by atoms with Crippen LogP contribution in [0.1, 0.15) is 20.7 Å². The number of rotatable bonds is 3. The summed E-state index contributed by atoms with van der Waals surface area (Å²) in [4.78, 5) is 27.7. The molecule has 0 aliphatic heterocycles. The van der Waals surface area contributed by atoms with E-state index in [1.54, 1.807) is 12.1 Å². The number of hydrogen-bond acceptors (Lipinski definition) is 4. The van der Waals surface area contributed by atoms with Gasteiger partial charge in [0.1, 0.15) is 11.6 Å². The summed E-state index contributed by atoms with van der Waals surface area (Å²) in [5, 5.41) is 14.2. The van der Waals surface area contributed by atoms with E-state index in [4.69, 9.17) is 0 Å². The molecule has 0 spiro atoms. The van der Waals surface area contributed by atoms with Crippen LogP contribution in [0.25, 0.3) is 0 Å². The van der Waals surface area contributed by atoms with Crippen LogP contribution in [-0.4, -0.2) is 29.0 Å². The van der Waals surface area contributed by atoms with Crippen molar-refractivity contribution < 1.29 is 14.7 Å². The van der Waals surface area contributed by atoms with Gasteiger partial charge in [0.25, 0.3) is 11.8 Å². The molecular formula is C14H13N3O3. The lowest BCUT2D eigenvalue weighted by Crippen LogP contribution is -2.22. The molecule has 0 aliphatic rings. The normalized spacial score (nSPS) is 9.85. The molecule has 1 aromatic carbocycles. The van der Waals surface area contributed by atoms with Crippen LogP contribution in [0.15, 0.2) is 42.6 Å². The second kappa shape index (κ2) is 5.83. The fourth-order valence-corrected chi connectivity index (χ4v) is 1.62. The highest BCUT2D eigenvalue weighted by molar-refractivity contribution is 6.08. The molecule has 1 heterocycles. The molecule has 6 nitrogen and oxygen atoms in total. The molecule has 0 aliphatic carbocycles. The Hall–Kier alpha value is -2.89. The van der Waals surface area contributed by atoms with Gasteiger partial charge in [0.2, 0.25) is 0 Å². The molecule has 2 aromatic rings. The number of carbonyl (C=O) groups is 2. The average Bonchev–Trinajstić information content (AvgIpc) is 2.47. The largest absolute Gasteiger partial charge is 0.508 e. The molecule has 102 valence electrons. The van der Waals surface area contributed by atoms with Crippen LogP contribution in [-0.2, 0) is 0 Å². The lowest BCUT2D eigenvalue weighted by Gasteiger charge is -2.08. The number of phenols is 1. The summed E-state index contributed by atoms with van der Waals surface area (Å²) in [7, 11) is 1.50. The van der Waals surface area contributed by atoms with E-state index in [9.17, 15) is 14.7 Å². The van der Waals surface area contributed by atoms with Gasteiger partial charge in [0, 0.05) is 18.8 Å². The number of nitrogens with one attached hydrogen (secondary N) is 2. The number of nitrogens with zero attached hydrogens (tertiary/aromatic N) is 1. The summed E-state index contributed by atoms with van der Waals surface area (Å²) >= 11 is 0. The zero-order valence-corrected chi connectivity index (χ0v) is 10.8. The number of aromatic nitrogens is 1. The molecule has 3 N–H and O–H groups in total. The lowest BCUT2D eigenvalue weighted by molar-refractivity contribution is 0.0963. The Bertz CT molecular complexity index is 638. The number of amides is 2. The number of anilines is 1. The van der Waals surface area contributed by atoms with E-state index in [1.165, 1.54) is 37.5 Å². The number of hydrogen-bond donors (Lipinski definition) is 3. The summed E-state index contributed by atoms with van der Waals surface area (Å²) in [6, 6.07) is 8.96. The quantitative estimate of drug-likeness (QED) is 0.787. The Morgan fingerprint density at radius 1 is 1.10 bits per heavy atom. The zero-order valence-electron chi connectivity index (χ0n) is 10.8. The van der Waals surface area contributed by atoms with Gasteiger partial charge in [-0.15, -0.1) is 0 Å². The van der Waals surface area contributed by atoms with E-state index < -0.39 is 5.91 Å². The van der Waals surface area contributed by atoms with E-state index >= 15 is 0 Å². The van der Waals surface area contributed by atoms with Crippen LogP contribution in [0.2, 0.25) is 0 Å². The SMILES string of the molecule is CNC(=O)c1cccnc1NC(=O)c1ccc(O)cc1. The third-order valence-corrected chi connectivity index (χ3v) is 2.64. The molecule has 0 atom stereocenters. The highest BCUT2D eigenvalue weighted by Gasteiger charge is 2.14. The number of carbonyl (C=O) groups excluding carboxylic acids is 2. The van der Waals surface area contributed by atoms with E-state index in [2.05, 4.69) is 15.6 Å². The van der Waals surface area contributed by atoms with Gasteiger partial charge in [0.15, 0.2) is 0 Å². The maximum Gasteiger partial charge on any atom is 0.256 e. The van der Waals surface area contributed by atoms with Crippen LogP contribution in [0, 0.1) is 0 Å². The standard InChI is InChI=1S/C14H13N3O3/c1-15-14(20)11-3-2-8-16-12(11)17-13(19)9-4-6-10(18)7-5-9/h2-8,18H,1H3,(H,15,20)(H,16,17,19). The van der Waals surface area contributed by atoms with Crippen LogP contribution >= 0.6 is 0 Å². The Balaban J connectivity index is 2.24. The van der Waals surface area contributed by atoms with Crippen molar-refractivity contribution in [2.75, 3.05) is 12.4 Å². The van der Waals surface area contributed by atoms with Gasteiger partial charge in [-0.05, 0) is 36.4 Å². The topological polar surface area (TPSA) is 91.3 Å². The third kappa shape index (κ3) is 2.92. The predicted octanol–water partition coefficient (Wildman–Crippen LogP) is 1.40. The first-order chi connectivity index (χ1) is 9.61. The Morgan fingerprint density at radius 2 is 1.80 bits per heavy atom. The van der Waals surface area contributed by atoms with Gasteiger partial charge >= 0.3 is 0 Å². The second-order valence-electron chi connectivity index (χ2n) is 3.98. The molecule has 2 rings (SSSR count). The van der Waals surface area contributed by atoms with Gasteiger partial charge in [-0.1, -0.05) is 0 Å². The summed E-state index contributed by atoms with van der Waals surface area (Å²) < 4.78 is 0. The highest BCUT2D eigenvalue weighted by atomic mass is 16.3. The van der Waals surface area contributed by atoms with Crippen molar-refractivity contribution >= 4 is 17.6 Å². The molecule has 1 aromatic heterocycles. The Kier molecular flexibility index (Phi) is 3.95. The number of aromatic hydroxyl groups is 1. The van der Waals surface area contributed by atoms with E-state index in [0.717, 1.165) is 0 Å². The minimum Gasteiger partial charge on any atom is -0.508 e. The van der Waals surface area contributed by atoms with Gasteiger partial charge in [-0.3, -0.25) is 9.59 Å². The minimum atomic E-state index is -0.408. The van der Waals surface area contributed by atoms with Crippen molar-refractivity contribution in [3.8, 4) is 5.75 Å². The van der Waals surface area contributed by atoms with E-state index in [1.807, 2.05) is 0 Å². The van der Waals surface area contributed by atoms with Crippen molar-refractivity contribution in [1.82, 2.24) is 10.3 Å². The fourth-order valence-electron chi connectivity index (χ4n) is 1.62. The van der Waals surface area contributed by atoms with Crippen LogP contribution in [0.4, 0.5) is 5.82 Å². The summed E-state index contributed by atoms with van der Waals surface area (Å²) in [5.41, 5.74) is 0.637. The first-order valence-electron chi connectivity index (χ1n) is 5.89. The van der Waals surface area contributed by atoms with Crippen molar-refractivity contribution in [3.63, 3.8) is 0 Å². The number of benzene rings is 1. The van der Waals surface area contributed by atoms with Crippen LogP contribution in [0.5, 0.6) is 5.75 Å². The molecule has 2 amide bonds. The lowest BCUT2D eigenvalue weighted by atomic mass is 10.2. The molecular weight excluding hydrogens is 258 g/mol. The van der Waals surface area contributed by atoms with Gasteiger partial charge in [0.05, 0.1) is 5.56 Å². The van der Waals surface area contributed by atoms with Crippen molar-refractivity contribution in [2.45, 2.75) is 0 Å². The van der Waals surface area contributed by atoms with E-state index in [0.29, 0.717) is 5.56 Å². The first-order valence-corrected chi connectivity index (χ1v) is 5.89. The van der Waals surface area contributed by atoms with Crippen molar-refractivity contribution in [1.29, 1.82) is 0 Å². The fraction of sp³-hybridized carbons (Fsp3) is 0.0714. The van der Waals surface area contributed by atoms with Crippen LogP contribution < -0.4 is 10.6 Å². The first kappa shape index (κ1) is 13.5. The molecule has 0 saturated heterocycles. The smallest absolute Gasteiger partial charge is 0.256 e. The summed E-state index contributed by atoms with van der Waals surface area (Å²) in [5.74, 6) is -0.483. The zero-order chi connectivity index (χ0) is 14.5. The molecule has 0 fully saturated rings. The Morgan fingerprint density at radius 3 is 2.45 bits per heavy atom. The predicted molar refractivity (Wildman–Crippen MR) is 73.7 cm³/mol. The Labute approximate surface area is 115 Å². The number of phenolic OH excluding ortho intramolecular Hbond substituents is 1. The van der Waals surface area contributed by atoms with E-state index in [-0.39, 0.29) is 23.0 Å². The maximum absolute atomic E-state index is 12.0. The number of pyridine rings is 1. The minimum absolute atomic E-state index is 0.0745. The molecule has 0 bridgehead atoms. The highest BCUT2D eigenvalue weighted by Crippen LogP contribution is 2.14.